The minimum Gasteiger partial charge on any atom is -0.505 e. The van der Waals surface area contributed by atoms with Crippen LogP contribution >= 0.6 is 15.9 Å². The highest BCUT2D eigenvalue weighted by Gasteiger charge is 2.72. The van der Waals surface area contributed by atoms with Gasteiger partial charge in [-0.05, 0) is 38.6 Å². The largest absolute Gasteiger partial charge is 0.505 e. The molecule has 1 aromatic rings. The van der Waals surface area contributed by atoms with Gasteiger partial charge in [-0.1, -0.05) is 28.9 Å². The Morgan fingerprint density at radius 2 is 1.76 bits per heavy atom. The number of nitrogens with one attached hydrogen (secondary N) is 1. The van der Waals surface area contributed by atoms with Crippen molar-refractivity contribution < 1.29 is 44.1 Å². The summed E-state index contributed by atoms with van der Waals surface area (Å²) < 4.78 is 0. The zero-order valence-electron chi connectivity index (χ0n) is 21.0. The second kappa shape index (κ2) is 9.33. The van der Waals surface area contributed by atoms with Gasteiger partial charge in [0.1, 0.15) is 5.75 Å². The Morgan fingerprint density at radius 1 is 1.16 bits per heavy atom. The van der Waals surface area contributed by atoms with E-state index in [2.05, 4.69) is 21.2 Å². The number of nitrogens with zero attached hydrogens (tertiary/aromatic N) is 1. The summed E-state index contributed by atoms with van der Waals surface area (Å²) in [5, 5.41) is 36.6. The number of hydrogen-bond donors (Lipinski definition) is 5. The minimum atomic E-state index is -3.07. The van der Waals surface area contributed by atoms with E-state index in [9.17, 15) is 44.1 Å². The van der Waals surface area contributed by atoms with Crippen molar-refractivity contribution in [3.8, 4) is 5.75 Å². The van der Waals surface area contributed by atoms with Gasteiger partial charge in [0.2, 0.25) is 11.8 Å². The van der Waals surface area contributed by atoms with E-state index < -0.39 is 92.9 Å². The number of carbonyl (C=O) groups is 6. The molecule has 204 valence electrons. The molecular formula is C25H28BrN3O9. The molecule has 3 aliphatic carbocycles. The van der Waals surface area contributed by atoms with Gasteiger partial charge in [-0.3, -0.25) is 33.7 Å². The summed E-state index contributed by atoms with van der Waals surface area (Å²) in [6, 6.07) is 1.42. The number of Topliss-reactive ketones (excluding diaryl/α,β-unsaturated/α-hetero) is 4. The van der Waals surface area contributed by atoms with E-state index in [0.717, 1.165) is 0 Å². The highest BCUT2D eigenvalue weighted by molar-refractivity contribution is 9.10. The molecule has 0 spiro atoms. The van der Waals surface area contributed by atoms with Gasteiger partial charge >= 0.3 is 0 Å². The van der Waals surface area contributed by atoms with Crippen LogP contribution in [0.1, 0.15) is 35.7 Å². The Kier molecular flexibility index (Phi) is 6.88. The zero-order chi connectivity index (χ0) is 28.6. The van der Waals surface area contributed by atoms with Crippen LogP contribution in [0.4, 0.5) is 5.69 Å². The summed E-state index contributed by atoms with van der Waals surface area (Å²) in [5.41, 5.74) is 2.11. The lowest BCUT2D eigenvalue weighted by molar-refractivity contribution is -0.196. The Morgan fingerprint density at radius 3 is 2.29 bits per heavy atom. The maximum Gasteiger partial charge on any atom is 0.237 e. The molecule has 13 heteroatoms. The molecule has 12 nitrogen and oxygen atoms in total. The maximum absolute atomic E-state index is 13.9. The van der Waals surface area contributed by atoms with Crippen LogP contribution in [-0.2, 0) is 24.0 Å². The first-order valence-electron chi connectivity index (χ1n) is 11.9. The molecule has 2 amide bonds. The fourth-order valence-electron chi connectivity index (χ4n) is 6.32. The normalized spacial score (nSPS) is 35.3. The molecule has 7 unspecified atom stereocenters. The number of primary amides is 1. The molecule has 2 saturated carbocycles. The molecule has 6 N–H and O–H groups in total. The number of fused-ring (bicyclic) bond motifs is 3. The van der Waals surface area contributed by atoms with E-state index in [4.69, 9.17) is 5.73 Å². The Labute approximate surface area is 225 Å². The predicted octanol–water partition coefficient (Wildman–Crippen LogP) is -0.879. The summed E-state index contributed by atoms with van der Waals surface area (Å²) in [5.74, 6) is -14.7. The molecule has 0 saturated heterocycles. The zero-order valence-corrected chi connectivity index (χ0v) is 22.6. The first kappa shape index (κ1) is 28.0. The summed E-state index contributed by atoms with van der Waals surface area (Å²) in [6.45, 7) is 3.15. The molecule has 0 aliphatic heterocycles. The molecule has 0 radical (unpaired) electrons. The standard InChI is InChI=1S/C25H28BrN3O9/c1-7-9-5-6-10(28-24(37)8(2)26)17(30)12(9)18(31)13-11(7)19(32)15-16(29(3)4)20(33)14(23(27)36)22(35)25(15,38)21(13)34/h5-8,11,13-16,19,30,32,38H,1-4H3,(H2,27,36)(H,28,37)/t7?,8?,11?,13?,14?,15?,16-,19?,25-/m0/s1. The number of nitrogens with two attached hydrogens (primary N) is 1. The van der Waals surface area contributed by atoms with Crippen LogP contribution in [0, 0.1) is 23.7 Å². The van der Waals surface area contributed by atoms with Crippen molar-refractivity contribution in [3.05, 3.63) is 23.3 Å². The van der Waals surface area contributed by atoms with Gasteiger partial charge in [-0.15, -0.1) is 0 Å². The van der Waals surface area contributed by atoms with E-state index in [1.165, 1.54) is 31.1 Å². The fraction of sp³-hybridized carbons (Fsp3) is 0.520. The number of aromatic hydroxyl groups is 1. The summed E-state index contributed by atoms with van der Waals surface area (Å²) in [7, 11) is 2.85. The average Bonchev–Trinajstić information content (AvgIpc) is 2.82. The van der Waals surface area contributed by atoms with Crippen LogP contribution in [0.15, 0.2) is 12.1 Å². The molecule has 0 bridgehead atoms. The smallest absolute Gasteiger partial charge is 0.237 e. The average molecular weight is 594 g/mol. The van der Waals surface area contributed by atoms with Crippen molar-refractivity contribution in [2.45, 2.75) is 42.3 Å². The van der Waals surface area contributed by atoms with Gasteiger partial charge in [-0.2, -0.15) is 0 Å². The fourth-order valence-corrected chi connectivity index (χ4v) is 6.44. The van der Waals surface area contributed by atoms with Crippen molar-refractivity contribution in [1.29, 1.82) is 0 Å². The number of alkyl halides is 1. The number of carbonyl (C=O) groups excluding carboxylic acids is 6. The van der Waals surface area contributed by atoms with Gasteiger partial charge in [-0.25, -0.2) is 0 Å². The minimum absolute atomic E-state index is 0.0970. The summed E-state index contributed by atoms with van der Waals surface area (Å²) >= 11 is 3.10. The van der Waals surface area contributed by atoms with Crippen LogP contribution < -0.4 is 11.1 Å². The van der Waals surface area contributed by atoms with Crippen molar-refractivity contribution in [2.24, 2.45) is 29.4 Å². The van der Waals surface area contributed by atoms with Crippen LogP contribution in [0.25, 0.3) is 0 Å². The van der Waals surface area contributed by atoms with Crippen molar-refractivity contribution >= 4 is 56.6 Å². The molecule has 0 aromatic heterocycles. The SMILES string of the molecule is CC(Br)C(=O)Nc1ccc2c(c1O)C(=O)C1C(=O)[C@]3(O)C(=O)C(C(N)=O)C(=O)[C@@H](N(C)C)C3C(O)C1C2C. The molecule has 0 heterocycles. The van der Waals surface area contributed by atoms with Gasteiger partial charge in [0.25, 0.3) is 0 Å². The monoisotopic (exact) mass is 593 g/mol. The number of aliphatic hydroxyl groups is 2. The Hall–Kier alpha value is -3.00. The summed E-state index contributed by atoms with van der Waals surface area (Å²) in [6.07, 6.45) is -1.71. The number of amides is 2. The number of halogens is 1. The third kappa shape index (κ3) is 3.67. The van der Waals surface area contributed by atoms with E-state index in [-0.39, 0.29) is 16.8 Å². The van der Waals surface area contributed by atoms with Crippen molar-refractivity contribution in [3.63, 3.8) is 0 Å². The van der Waals surface area contributed by atoms with E-state index in [0.29, 0.717) is 0 Å². The van der Waals surface area contributed by atoms with Gasteiger partial charge in [0.15, 0.2) is 34.7 Å². The lowest BCUT2D eigenvalue weighted by Gasteiger charge is -2.56. The van der Waals surface area contributed by atoms with Crippen LogP contribution in [0.5, 0.6) is 5.75 Å². The topological polar surface area (TPSA) is 204 Å². The Bertz CT molecular complexity index is 1290. The van der Waals surface area contributed by atoms with Crippen molar-refractivity contribution in [1.82, 2.24) is 4.90 Å². The van der Waals surface area contributed by atoms with E-state index in [1.807, 2.05) is 0 Å². The number of likely N-dealkylation sites (N-methyl/N-ethyl adjacent to an activating group) is 1. The number of rotatable bonds is 4. The number of benzene rings is 1. The maximum atomic E-state index is 13.9. The molecule has 38 heavy (non-hydrogen) atoms. The number of aliphatic hydroxyl groups excluding tert-OH is 1. The lowest BCUT2D eigenvalue weighted by Crippen LogP contribution is -2.77. The van der Waals surface area contributed by atoms with Gasteiger partial charge < -0.3 is 26.4 Å². The molecule has 4 rings (SSSR count). The van der Waals surface area contributed by atoms with Crippen LogP contribution in [0.3, 0.4) is 0 Å². The van der Waals surface area contributed by atoms with Crippen LogP contribution in [0.2, 0.25) is 0 Å². The highest BCUT2D eigenvalue weighted by Crippen LogP contribution is 2.55. The molecule has 2 fully saturated rings. The number of hydrogen-bond acceptors (Lipinski definition) is 10. The van der Waals surface area contributed by atoms with Crippen LogP contribution in [-0.4, -0.2) is 91.8 Å². The lowest BCUT2D eigenvalue weighted by atomic mass is 9.49. The second-order valence-corrected chi connectivity index (χ2v) is 11.8. The predicted molar refractivity (Wildman–Crippen MR) is 134 cm³/mol. The molecule has 1 aromatic carbocycles. The summed E-state index contributed by atoms with van der Waals surface area (Å²) in [4.78, 5) is 79.0. The molecular weight excluding hydrogens is 566 g/mol. The third-order valence-corrected chi connectivity index (χ3v) is 8.52. The third-order valence-electron chi connectivity index (χ3n) is 8.11. The number of phenolic OH excluding ortho intramolecular Hbond substituents is 1. The molecule has 3 aliphatic rings. The number of ketones is 4. The van der Waals surface area contributed by atoms with E-state index >= 15 is 0 Å². The van der Waals surface area contributed by atoms with E-state index in [1.54, 1.807) is 13.8 Å². The van der Waals surface area contributed by atoms with Gasteiger partial charge in [0, 0.05) is 5.92 Å². The first-order chi connectivity index (χ1) is 17.6. The molecule has 9 atom stereocenters. The van der Waals surface area contributed by atoms with Gasteiger partial charge in [0.05, 0.1) is 40.1 Å². The number of anilines is 1. The quantitative estimate of drug-likeness (QED) is 0.165. The second-order valence-electron chi connectivity index (χ2n) is 10.4. The number of phenols is 1. The highest BCUT2D eigenvalue weighted by atomic mass is 79.9. The first-order valence-corrected chi connectivity index (χ1v) is 12.8. The van der Waals surface area contributed by atoms with Crippen molar-refractivity contribution in [2.75, 3.05) is 19.4 Å². The Balaban J connectivity index is 1.90.